The molecule has 0 aliphatic carbocycles. The molecule has 0 amide bonds. The largest absolute Gasteiger partial charge is 0.351 e. The standard InChI is InChI=1S/C15H10F3N3O2/c1-21-8-9(6-7-12(21)22)15(17,18)14-19-13(20-23-14)10-4-2-3-5-11(10)16/h2-8H,1H3. The van der Waals surface area contributed by atoms with Crippen molar-refractivity contribution in [3.63, 3.8) is 0 Å². The first-order chi connectivity index (χ1) is 10.9. The van der Waals surface area contributed by atoms with Gasteiger partial charge in [0, 0.05) is 24.9 Å². The molecule has 2 heterocycles. The Balaban J connectivity index is 2.03. The van der Waals surface area contributed by atoms with Crippen LogP contribution in [0.5, 0.6) is 0 Å². The second-order valence-electron chi connectivity index (χ2n) is 4.84. The van der Waals surface area contributed by atoms with Crippen LogP contribution in [0.2, 0.25) is 0 Å². The highest BCUT2D eigenvalue weighted by Gasteiger charge is 2.41. The Morgan fingerprint density at radius 1 is 1.17 bits per heavy atom. The summed E-state index contributed by atoms with van der Waals surface area (Å²) in [6.45, 7) is 0. The number of rotatable bonds is 3. The van der Waals surface area contributed by atoms with E-state index in [0.29, 0.717) is 0 Å². The third-order valence-corrected chi connectivity index (χ3v) is 3.26. The summed E-state index contributed by atoms with van der Waals surface area (Å²) in [6.07, 6.45) is 0.981. The van der Waals surface area contributed by atoms with Gasteiger partial charge < -0.3 is 9.09 Å². The topological polar surface area (TPSA) is 60.9 Å². The van der Waals surface area contributed by atoms with Gasteiger partial charge in [0.1, 0.15) is 5.82 Å². The molecule has 0 aliphatic heterocycles. The number of alkyl halides is 2. The maximum atomic E-state index is 14.4. The van der Waals surface area contributed by atoms with Gasteiger partial charge in [-0.2, -0.15) is 13.8 Å². The minimum atomic E-state index is -3.61. The summed E-state index contributed by atoms with van der Waals surface area (Å²) < 4.78 is 48.1. The van der Waals surface area contributed by atoms with Crippen LogP contribution >= 0.6 is 0 Å². The Labute approximate surface area is 128 Å². The second kappa shape index (κ2) is 5.38. The normalized spacial score (nSPS) is 11.7. The molecule has 0 bridgehead atoms. The van der Waals surface area contributed by atoms with Gasteiger partial charge in [-0.05, 0) is 18.2 Å². The molecular weight excluding hydrogens is 311 g/mol. The highest BCUT2D eigenvalue weighted by molar-refractivity contribution is 5.55. The van der Waals surface area contributed by atoms with E-state index in [1.54, 1.807) is 0 Å². The Hall–Kier alpha value is -2.90. The Morgan fingerprint density at radius 3 is 2.61 bits per heavy atom. The predicted octanol–water partition coefficient (Wildman–Crippen LogP) is 2.71. The summed E-state index contributed by atoms with van der Waals surface area (Å²) in [5.74, 6) is -5.51. The monoisotopic (exact) mass is 321 g/mol. The highest BCUT2D eigenvalue weighted by atomic mass is 19.3. The number of hydrogen-bond donors (Lipinski definition) is 0. The van der Waals surface area contributed by atoms with Crippen molar-refractivity contribution in [2.75, 3.05) is 0 Å². The van der Waals surface area contributed by atoms with E-state index in [4.69, 9.17) is 0 Å². The Kier molecular flexibility index (Phi) is 3.51. The lowest BCUT2D eigenvalue weighted by atomic mass is 10.1. The van der Waals surface area contributed by atoms with Crippen molar-refractivity contribution in [1.29, 1.82) is 0 Å². The average Bonchev–Trinajstić information content (AvgIpc) is 3.01. The first kappa shape index (κ1) is 15.0. The minimum Gasteiger partial charge on any atom is -0.332 e. The van der Waals surface area contributed by atoms with Gasteiger partial charge in [0.25, 0.3) is 0 Å². The molecule has 0 radical (unpaired) electrons. The van der Waals surface area contributed by atoms with Gasteiger partial charge in [0.05, 0.1) is 5.56 Å². The molecule has 0 saturated heterocycles. The molecule has 118 valence electrons. The third kappa shape index (κ3) is 2.63. The second-order valence-corrected chi connectivity index (χ2v) is 4.84. The van der Waals surface area contributed by atoms with Crippen LogP contribution in [0.1, 0.15) is 11.5 Å². The molecule has 0 N–H and O–H groups in total. The lowest BCUT2D eigenvalue weighted by Gasteiger charge is -2.12. The van der Waals surface area contributed by atoms with Gasteiger partial charge in [-0.25, -0.2) is 4.39 Å². The molecule has 3 rings (SSSR count). The summed E-state index contributed by atoms with van der Waals surface area (Å²) in [4.78, 5) is 14.9. The van der Waals surface area contributed by atoms with Gasteiger partial charge in [0.15, 0.2) is 0 Å². The van der Waals surface area contributed by atoms with E-state index in [-0.39, 0.29) is 11.4 Å². The van der Waals surface area contributed by atoms with Crippen LogP contribution < -0.4 is 5.56 Å². The Bertz CT molecular complexity index is 918. The van der Waals surface area contributed by atoms with Crippen LogP contribution in [-0.4, -0.2) is 14.7 Å². The number of halogens is 3. The number of aryl methyl sites for hydroxylation is 1. The first-order valence-electron chi connectivity index (χ1n) is 6.53. The van der Waals surface area contributed by atoms with Crippen molar-refractivity contribution in [3.05, 3.63) is 70.2 Å². The van der Waals surface area contributed by atoms with E-state index in [1.165, 1.54) is 25.2 Å². The van der Waals surface area contributed by atoms with E-state index in [0.717, 1.165) is 29.0 Å². The number of nitrogens with zero attached hydrogens (tertiary/aromatic N) is 3. The van der Waals surface area contributed by atoms with Crippen molar-refractivity contribution < 1.29 is 17.7 Å². The van der Waals surface area contributed by atoms with Crippen LogP contribution in [0.15, 0.2) is 51.9 Å². The molecule has 8 heteroatoms. The molecule has 5 nitrogen and oxygen atoms in total. The van der Waals surface area contributed by atoms with Crippen molar-refractivity contribution in [2.45, 2.75) is 5.92 Å². The van der Waals surface area contributed by atoms with Crippen LogP contribution in [0.25, 0.3) is 11.4 Å². The fourth-order valence-corrected chi connectivity index (χ4v) is 2.01. The van der Waals surface area contributed by atoms with Crippen LogP contribution in [0.4, 0.5) is 13.2 Å². The smallest absolute Gasteiger partial charge is 0.332 e. The molecule has 23 heavy (non-hydrogen) atoms. The first-order valence-corrected chi connectivity index (χ1v) is 6.53. The van der Waals surface area contributed by atoms with Gasteiger partial charge >= 0.3 is 11.8 Å². The van der Waals surface area contributed by atoms with Gasteiger partial charge in [-0.1, -0.05) is 17.3 Å². The number of pyridine rings is 1. The van der Waals surface area contributed by atoms with Crippen molar-refractivity contribution in [1.82, 2.24) is 14.7 Å². The maximum Gasteiger partial charge on any atom is 0.351 e. The molecule has 0 spiro atoms. The quantitative estimate of drug-likeness (QED) is 0.744. The van der Waals surface area contributed by atoms with Crippen LogP contribution in [0, 0.1) is 5.82 Å². The molecule has 0 saturated carbocycles. The summed E-state index contributed by atoms with van der Waals surface area (Å²) in [5, 5.41) is 3.40. The fraction of sp³-hybridized carbons (Fsp3) is 0.133. The van der Waals surface area contributed by atoms with E-state index >= 15 is 0 Å². The lowest BCUT2D eigenvalue weighted by Crippen LogP contribution is -2.22. The minimum absolute atomic E-state index is 0.0428. The number of aromatic nitrogens is 3. The SMILES string of the molecule is Cn1cc(C(F)(F)c2nc(-c3ccccc3F)no2)ccc1=O. The van der Waals surface area contributed by atoms with Gasteiger partial charge in [-0.3, -0.25) is 4.79 Å². The fourth-order valence-electron chi connectivity index (χ4n) is 2.01. The molecule has 0 atom stereocenters. The summed E-state index contributed by atoms with van der Waals surface area (Å²) in [7, 11) is 1.35. The molecule has 0 aliphatic rings. The van der Waals surface area contributed by atoms with Crippen LogP contribution in [0.3, 0.4) is 0 Å². The molecular formula is C15H10F3N3O2. The van der Waals surface area contributed by atoms with E-state index in [2.05, 4.69) is 14.7 Å². The zero-order valence-electron chi connectivity index (χ0n) is 11.8. The summed E-state index contributed by atoms with van der Waals surface area (Å²) in [5.41, 5.74) is -0.954. The van der Waals surface area contributed by atoms with E-state index in [1.807, 2.05) is 0 Å². The molecule has 3 aromatic rings. The summed E-state index contributed by atoms with van der Waals surface area (Å²) in [6, 6.07) is 7.50. The lowest BCUT2D eigenvalue weighted by molar-refractivity contribution is 0.00699. The number of hydrogen-bond acceptors (Lipinski definition) is 4. The average molecular weight is 321 g/mol. The molecule has 0 unspecified atom stereocenters. The van der Waals surface area contributed by atoms with E-state index in [9.17, 15) is 18.0 Å². The van der Waals surface area contributed by atoms with Gasteiger partial charge in [0.2, 0.25) is 11.4 Å². The molecule has 0 fully saturated rings. The highest BCUT2D eigenvalue weighted by Crippen LogP contribution is 2.35. The van der Waals surface area contributed by atoms with Crippen molar-refractivity contribution in [2.24, 2.45) is 7.05 Å². The number of benzene rings is 1. The zero-order valence-corrected chi connectivity index (χ0v) is 11.8. The van der Waals surface area contributed by atoms with Gasteiger partial charge in [-0.15, -0.1) is 0 Å². The summed E-state index contributed by atoms with van der Waals surface area (Å²) >= 11 is 0. The predicted molar refractivity (Wildman–Crippen MR) is 74.4 cm³/mol. The van der Waals surface area contributed by atoms with Crippen molar-refractivity contribution >= 4 is 0 Å². The Morgan fingerprint density at radius 2 is 1.91 bits per heavy atom. The zero-order chi connectivity index (χ0) is 16.6. The molecule has 1 aromatic carbocycles. The third-order valence-electron chi connectivity index (χ3n) is 3.26. The van der Waals surface area contributed by atoms with Crippen molar-refractivity contribution in [3.8, 4) is 11.4 Å². The molecule has 2 aromatic heterocycles. The maximum absolute atomic E-state index is 14.4. The van der Waals surface area contributed by atoms with Crippen LogP contribution in [-0.2, 0) is 13.0 Å². The van der Waals surface area contributed by atoms with E-state index < -0.39 is 28.8 Å².